The van der Waals surface area contributed by atoms with Crippen LogP contribution >= 0.6 is 0 Å². The van der Waals surface area contributed by atoms with Gasteiger partial charge in [-0.3, -0.25) is 4.79 Å². The molecule has 1 aromatic heterocycles. The maximum Gasteiger partial charge on any atom is 0.307 e. The van der Waals surface area contributed by atoms with Crippen molar-refractivity contribution in [2.24, 2.45) is 7.05 Å². The SMILES string of the molecule is Cc1cn(C)c2ccc(CC(=O)O)cc12. The third-order valence-corrected chi connectivity index (χ3v) is 2.61. The van der Waals surface area contributed by atoms with Gasteiger partial charge in [-0.05, 0) is 30.2 Å². The summed E-state index contributed by atoms with van der Waals surface area (Å²) < 4.78 is 2.05. The van der Waals surface area contributed by atoms with Gasteiger partial charge in [-0.15, -0.1) is 0 Å². The van der Waals surface area contributed by atoms with Gasteiger partial charge in [0.1, 0.15) is 0 Å². The minimum absolute atomic E-state index is 0.0876. The second-order valence-electron chi connectivity index (χ2n) is 3.85. The van der Waals surface area contributed by atoms with Gasteiger partial charge >= 0.3 is 5.97 Å². The molecule has 2 rings (SSSR count). The molecule has 0 spiro atoms. The van der Waals surface area contributed by atoms with Gasteiger partial charge in [-0.2, -0.15) is 0 Å². The van der Waals surface area contributed by atoms with E-state index >= 15 is 0 Å². The first-order valence-electron chi connectivity index (χ1n) is 4.84. The lowest BCUT2D eigenvalue weighted by Gasteiger charge is -1.99. The summed E-state index contributed by atoms with van der Waals surface area (Å²) in [5.41, 5.74) is 3.17. The summed E-state index contributed by atoms with van der Waals surface area (Å²) >= 11 is 0. The van der Waals surface area contributed by atoms with Crippen LogP contribution in [0.1, 0.15) is 11.1 Å². The average Bonchev–Trinajstić information content (AvgIpc) is 2.41. The van der Waals surface area contributed by atoms with E-state index in [0.717, 1.165) is 16.5 Å². The molecule has 0 amide bonds. The number of hydrogen-bond donors (Lipinski definition) is 1. The Labute approximate surface area is 87.9 Å². The molecule has 0 aliphatic carbocycles. The van der Waals surface area contributed by atoms with E-state index in [9.17, 15) is 4.79 Å². The number of carboxylic acids is 1. The fourth-order valence-corrected chi connectivity index (χ4v) is 1.92. The Bertz CT molecular complexity index is 526. The maximum absolute atomic E-state index is 10.6. The van der Waals surface area contributed by atoms with Crippen molar-refractivity contribution in [3.63, 3.8) is 0 Å². The van der Waals surface area contributed by atoms with Gasteiger partial charge in [-0.1, -0.05) is 6.07 Å². The summed E-state index contributed by atoms with van der Waals surface area (Å²) in [6, 6.07) is 5.80. The summed E-state index contributed by atoms with van der Waals surface area (Å²) in [5.74, 6) is -0.789. The molecule has 0 aliphatic heterocycles. The minimum Gasteiger partial charge on any atom is -0.481 e. The highest BCUT2D eigenvalue weighted by Crippen LogP contribution is 2.21. The number of hydrogen-bond acceptors (Lipinski definition) is 1. The van der Waals surface area contributed by atoms with Crippen molar-refractivity contribution in [1.82, 2.24) is 4.57 Å². The zero-order valence-corrected chi connectivity index (χ0v) is 8.82. The fourth-order valence-electron chi connectivity index (χ4n) is 1.92. The van der Waals surface area contributed by atoms with Crippen LogP contribution in [0.2, 0.25) is 0 Å². The Kier molecular flexibility index (Phi) is 2.23. The summed E-state index contributed by atoms with van der Waals surface area (Å²) in [4.78, 5) is 10.6. The Morgan fingerprint density at radius 3 is 2.87 bits per heavy atom. The van der Waals surface area contributed by atoms with Crippen LogP contribution in [0.4, 0.5) is 0 Å². The zero-order chi connectivity index (χ0) is 11.0. The number of aromatic nitrogens is 1. The number of benzene rings is 1. The highest BCUT2D eigenvalue weighted by molar-refractivity contribution is 5.85. The number of carboxylic acid groups (broad SMARTS) is 1. The molecular formula is C12H13NO2. The summed E-state index contributed by atoms with van der Waals surface area (Å²) in [5, 5.41) is 9.84. The van der Waals surface area contributed by atoms with E-state index in [1.807, 2.05) is 32.2 Å². The largest absolute Gasteiger partial charge is 0.481 e. The molecule has 3 heteroatoms. The third kappa shape index (κ3) is 1.73. The predicted molar refractivity (Wildman–Crippen MR) is 59.0 cm³/mol. The number of aryl methyl sites for hydroxylation is 2. The van der Waals surface area contributed by atoms with Gasteiger partial charge in [0, 0.05) is 24.1 Å². The Balaban J connectivity index is 2.55. The quantitative estimate of drug-likeness (QED) is 0.812. The van der Waals surface area contributed by atoms with Crippen molar-refractivity contribution in [3.8, 4) is 0 Å². The van der Waals surface area contributed by atoms with Crippen molar-refractivity contribution in [2.75, 3.05) is 0 Å². The van der Waals surface area contributed by atoms with E-state index in [1.54, 1.807) is 0 Å². The molecule has 1 aromatic carbocycles. The Hall–Kier alpha value is -1.77. The molecule has 0 saturated carbocycles. The maximum atomic E-state index is 10.6. The summed E-state index contributed by atoms with van der Waals surface area (Å²) in [6.45, 7) is 2.03. The average molecular weight is 203 g/mol. The molecule has 0 bridgehead atoms. The molecule has 0 unspecified atom stereocenters. The molecule has 1 heterocycles. The molecule has 15 heavy (non-hydrogen) atoms. The lowest BCUT2D eigenvalue weighted by atomic mass is 10.1. The first kappa shape index (κ1) is 9.77. The van der Waals surface area contributed by atoms with E-state index in [4.69, 9.17) is 5.11 Å². The van der Waals surface area contributed by atoms with Crippen LogP contribution in [-0.2, 0) is 18.3 Å². The number of carbonyl (C=O) groups is 1. The molecule has 0 atom stereocenters. The van der Waals surface area contributed by atoms with Crippen LogP contribution in [0.25, 0.3) is 10.9 Å². The second-order valence-corrected chi connectivity index (χ2v) is 3.85. The highest BCUT2D eigenvalue weighted by Gasteiger charge is 2.05. The van der Waals surface area contributed by atoms with Crippen LogP contribution in [0.5, 0.6) is 0 Å². The van der Waals surface area contributed by atoms with Gasteiger partial charge in [0.15, 0.2) is 0 Å². The fraction of sp³-hybridized carbons (Fsp3) is 0.250. The van der Waals surface area contributed by atoms with Crippen molar-refractivity contribution in [3.05, 3.63) is 35.5 Å². The normalized spacial score (nSPS) is 10.8. The lowest BCUT2D eigenvalue weighted by molar-refractivity contribution is -0.136. The van der Waals surface area contributed by atoms with Crippen LogP contribution in [0.15, 0.2) is 24.4 Å². The number of fused-ring (bicyclic) bond motifs is 1. The van der Waals surface area contributed by atoms with Crippen molar-refractivity contribution >= 4 is 16.9 Å². The molecule has 2 aromatic rings. The molecule has 0 aliphatic rings. The lowest BCUT2D eigenvalue weighted by Crippen LogP contribution is -1.99. The highest BCUT2D eigenvalue weighted by atomic mass is 16.4. The smallest absolute Gasteiger partial charge is 0.307 e. The topological polar surface area (TPSA) is 42.2 Å². The predicted octanol–water partition coefficient (Wildman–Crippen LogP) is 2.11. The van der Waals surface area contributed by atoms with E-state index < -0.39 is 5.97 Å². The van der Waals surface area contributed by atoms with Gasteiger partial charge < -0.3 is 9.67 Å². The van der Waals surface area contributed by atoms with Gasteiger partial charge in [0.2, 0.25) is 0 Å². The van der Waals surface area contributed by atoms with Crippen LogP contribution < -0.4 is 0 Å². The van der Waals surface area contributed by atoms with Crippen LogP contribution in [0.3, 0.4) is 0 Å². The van der Waals surface area contributed by atoms with Crippen molar-refractivity contribution < 1.29 is 9.90 Å². The molecule has 1 N–H and O–H groups in total. The number of aliphatic carboxylic acids is 1. The molecule has 0 saturated heterocycles. The molecular weight excluding hydrogens is 190 g/mol. The second kappa shape index (κ2) is 3.42. The van der Waals surface area contributed by atoms with E-state index in [1.165, 1.54) is 5.56 Å². The van der Waals surface area contributed by atoms with Gasteiger partial charge in [0.05, 0.1) is 6.42 Å². The minimum atomic E-state index is -0.789. The van der Waals surface area contributed by atoms with Crippen molar-refractivity contribution in [1.29, 1.82) is 0 Å². The van der Waals surface area contributed by atoms with Crippen molar-refractivity contribution in [2.45, 2.75) is 13.3 Å². The van der Waals surface area contributed by atoms with E-state index in [2.05, 4.69) is 10.8 Å². The standard InChI is InChI=1S/C12H13NO2/c1-8-7-13(2)11-4-3-9(5-10(8)11)6-12(14)15/h3-5,7H,6H2,1-2H3,(H,14,15). The first-order valence-corrected chi connectivity index (χ1v) is 4.84. The zero-order valence-electron chi connectivity index (χ0n) is 8.82. The summed E-state index contributed by atoms with van der Waals surface area (Å²) in [7, 11) is 1.99. The molecule has 78 valence electrons. The molecule has 0 radical (unpaired) electrons. The Morgan fingerprint density at radius 2 is 2.20 bits per heavy atom. The molecule has 0 fully saturated rings. The van der Waals surface area contributed by atoms with Crippen LogP contribution in [0, 0.1) is 6.92 Å². The third-order valence-electron chi connectivity index (χ3n) is 2.61. The van der Waals surface area contributed by atoms with Gasteiger partial charge in [-0.25, -0.2) is 0 Å². The molecule has 3 nitrogen and oxygen atoms in total. The van der Waals surface area contributed by atoms with E-state index in [-0.39, 0.29) is 6.42 Å². The summed E-state index contributed by atoms with van der Waals surface area (Å²) in [6.07, 6.45) is 2.14. The number of rotatable bonds is 2. The first-order chi connectivity index (χ1) is 7.08. The van der Waals surface area contributed by atoms with E-state index in [0.29, 0.717) is 0 Å². The number of nitrogens with zero attached hydrogens (tertiary/aromatic N) is 1. The Morgan fingerprint density at radius 1 is 1.47 bits per heavy atom. The monoisotopic (exact) mass is 203 g/mol. The van der Waals surface area contributed by atoms with Crippen LogP contribution in [-0.4, -0.2) is 15.6 Å². The van der Waals surface area contributed by atoms with Gasteiger partial charge in [0.25, 0.3) is 0 Å².